The van der Waals surface area contributed by atoms with E-state index in [1.54, 1.807) is 33.5 Å². The van der Waals surface area contributed by atoms with Gasteiger partial charge in [-0.2, -0.15) is 5.10 Å². The Morgan fingerprint density at radius 2 is 1.76 bits per heavy atom. The van der Waals surface area contributed by atoms with Crippen LogP contribution in [0.2, 0.25) is 0 Å². The fourth-order valence-electron chi connectivity index (χ4n) is 2.84. The fourth-order valence-corrected chi connectivity index (χ4v) is 2.84. The number of H-pyrrole nitrogens is 1. The van der Waals surface area contributed by atoms with E-state index in [-0.39, 0.29) is 12.3 Å². The maximum Gasteiger partial charge on any atom is 0.224 e. The van der Waals surface area contributed by atoms with Gasteiger partial charge in [0.15, 0.2) is 17.3 Å². The van der Waals surface area contributed by atoms with Gasteiger partial charge in [0.25, 0.3) is 0 Å². The Labute approximate surface area is 169 Å². The van der Waals surface area contributed by atoms with E-state index >= 15 is 0 Å². The normalized spacial score (nSPS) is 10.4. The summed E-state index contributed by atoms with van der Waals surface area (Å²) in [6.07, 6.45) is 0.814. The zero-order valence-corrected chi connectivity index (χ0v) is 16.7. The third-order valence-corrected chi connectivity index (χ3v) is 4.38. The van der Waals surface area contributed by atoms with Crippen LogP contribution in [0.25, 0.3) is 11.4 Å². The first-order valence-electron chi connectivity index (χ1n) is 9.16. The molecule has 29 heavy (non-hydrogen) atoms. The molecule has 2 N–H and O–H groups in total. The Balaban J connectivity index is 1.50. The summed E-state index contributed by atoms with van der Waals surface area (Å²) in [5.74, 6) is 3.26. The van der Waals surface area contributed by atoms with Crippen LogP contribution in [0.4, 0.5) is 0 Å². The van der Waals surface area contributed by atoms with Crippen molar-refractivity contribution in [1.82, 2.24) is 20.5 Å². The first kappa shape index (κ1) is 20.2. The number of methoxy groups -OCH3 is 3. The number of benzene rings is 2. The van der Waals surface area contributed by atoms with Crippen LogP contribution in [-0.4, -0.2) is 49.0 Å². The molecule has 0 atom stereocenters. The molecule has 1 amide bonds. The monoisotopic (exact) mass is 396 g/mol. The molecular weight excluding hydrogens is 372 g/mol. The zero-order chi connectivity index (χ0) is 20.6. The highest BCUT2D eigenvalue weighted by Crippen LogP contribution is 2.27. The number of nitrogens with one attached hydrogen (secondary N) is 2. The Bertz CT molecular complexity index is 954. The van der Waals surface area contributed by atoms with Gasteiger partial charge in [0.2, 0.25) is 5.91 Å². The largest absolute Gasteiger partial charge is 0.497 e. The van der Waals surface area contributed by atoms with Crippen LogP contribution < -0.4 is 19.5 Å². The Kier molecular flexibility index (Phi) is 6.67. The second-order valence-corrected chi connectivity index (χ2v) is 6.30. The molecule has 0 aliphatic rings. The minimum absolute atomic E-state index is 0.0767. The third kappa shape index (κ3) is 5.25. The molecule has 8 nitrogen and oxygen atoms in total. The molecule has 0 radical (unpaired) electrons. The van der Waals surface area contributed by atoms with Crippen LogP contribution in [0.1, 0.15) is 11.4 Å². The van der Waals surface area contributed by atoms with Crippen molar-refractivity contribution in [3.63, 3.8) is 0 Å². The summed E-state index contributed by atoms with van der Waals surface area (Å²) in [7, 11) is 4.77. The number of carbonyl (C=O) groups is 1. The third-order valence-electron chi connectivity index (χ3n) is 4.38. The van der Waals surface area contributed by atoms with Gasteiger partial charge in [0.05, 0.1) is 27.8 Å². The van der Waals surface area contributed by atoms with Crippen LogP contribution in [0.3, 0.4) is 0 Å². The summed E-state index contributed by atoms with van der Waals surface area (Å²) in [6, 6.07) is 13.0. The lowest BCUT2D eigenvalue weighted by Gasteiger charge is -2.09. The van der Waals surface area contributed by atoms with Gasteiger partial charge < -0.3 is 19.5 Å². The van der Waals surface area contributed by atoms with Crippen LogP contribution >= 0.6 is 0 Å². The molecule has 2 aromatic carbocycles. The van der Waals surface area contributed by atoms with E-state index in [9.17, 15) is 4.79 Å². The molecule has 1 heterocycles. The van der Waals surface area contributed by atoms with Crippen molar-refractivity contribution in [3.8, 4) is 28.6 Å². The van der Waals surface area contributed by atoms with Crippen molar-refractivity contribution in [3.05, 3.63) is 53.9 Å². The van der Waals surface area contributed by atoms with Gasteiger partial charge in [-0.1, -0.05) is 6.07 Å². The van der Waals surface area contributed by atoms with Gasteiger partial charge in [-0.25, -0.2) is 4.98 Å². The van der Waals surface area contributed by atoms with E-state index in [0.717, 1.165) is 16.9 Å². The highest BCUT2D eigenvalue weighted by molar-refractivity contribution is 5.78. The first-order chi connectivity index (χ1) is 14.1. The predicted molar refractivity (Wildman–Crippen MR) is 108 cm³/mol. The molecule has 0 aliphatic heterocycles. The quantitative estimate of drug-likeness (QED) is 0.576. The van der Waals surface area contributed by atoms with E-state index in [0.29, 0.717) is 36.1 Å². The molecule has 0 fully saturated rings. The van der Waals surface area contributed by atoms with Gasteiger partial charge >= 0.3 is 0 Å². The minimum atomic E-state index is -0.0767. The number of rotatable bonds is 9. The van der Waals surface area contributed by atoms with Crippen molar-refractivity contribution in [2.24, 2.45) is 0 Å². The maximum absolute atomic E-state index is 12.2. The highest BCUT2D eigenvalue weighted by atomic mass is 16.5. The van der Waals surface area contributed by atoms with Gasteiger partial charge in [0, 0.05) is 18.5 Å². The van der Waals surface area contributed by atoms with E-state index in [1.807, 2.05) is 30.3 Å². The summed E-state index contributed by atoms with van der Waals surface area (Å²) in [5.41, 5.74) is 1.74. The number of nitrogens with zero attached hydrogens (tertiary/aromatic N) is 2. The fraction of sp³-hybridized carbons (Fsp3) is 0.286. The predicted octanol–water partition coefficient (Wildman–Crippen LogP) is 2.40. The molecule has 0 bridgehead atoms. The molecular formula is C21H24N4O4. The summed E-state index contributed by atoms with van der Waals surface area (Å²) >= 11 is 0. The number of carbonyl (C=O) groups excluding carboxylic acids is 1. The Morgan fingerprint density at radius 3 is 2.45 bits per heavy atom. The van der Waals surface area contributed by atoms with Crippen molar-refractivity contribution in [2.75, 3.05) is 27.9 Å². The summed E-state index contributed by atoms with van der Waals surface area (Å²) in [5, 5.41) is 10.0. The molecule has 0 spiro atoms. The second kappa shape index (κ2) is 9.59. The maximum atomic E-state index is 12.2. The van der Waals surface area contributed by atoms with Crippen molar-refractivity contribution in [2.45, 2.75) is 12.8 Å². The first-order valence-corrected chi connectivity index (χ1v) is 9.16. The van der Waals surface area contributed by atoms with Crippen molar-refractivity contribution in [1.29, 1.82) is 0 Å². The lowest BCUT2D eigenvalue weighted by atomic mass is 10.1. The van der Waals surface area contributed by atoms with Crippen LogP contribution in [0, 0.1) is 0 Å². The molecule has 1 aromatic heterocycles. The molecule has 3 aromatic rings. The van der Waals surface area contributed by atoms with Crippen molar-refractivity contribution < 1.29 is 19.0 Å². The molecule has 0 aliphatic carbocycles. The number of aromatic nitrogens is 3. The second-order valence-electron chi connectivity index (χ2n) is 6.30. The molecule has 0 saturated carbocycles. The average molecular weight is 396 g/mol. The van der Waals surface area contributed by atoms with Crippen LogP contribution in [0.15, 0.2) is 42.5 Å². The van der Waals surface area contributed by atoms with Gasteiger partial charge in [-0.3, -0.25) is 9.89 Å². The molecule has 0 unspecified atom stereocenters. The van der Waals surface area contributed by atoms with E-state index in [2.05, 4.69) is 20.5 Å². The van der Waals surface area contributed by atoms with Gasteiger partial charge in [0.1, 0.15) is 11.6 Å². The Hall–Kier alpha value is -3.55. The average Bonchev–Trinajstić information content (AvgIpc) is 3.22. The number of amides is 1. The SMILES string of the molecule is COc1ccc(-c2n[nH]c(CCNC(=O)Cc3ccc(OC)c(OC)c3)n2)cc1. The van der Waals surface area contributed by atoms with E-state index in [1.165, 1.54) is 0 Å². The standard InChI is InChI=1S/C21H24N4O4/c1-27-16-7-5-15(6-8-16)21-23-19(24-25-21)10-11-22-20(26)13-14-4-9-17(28-2)18(12-14)29-3/h4-9,12H,10-11,13H2,1-3H3,(H,22,26)(H,23,24,25). The minimum Gasteiger partial charge on any atom is -0.497 e. The van der Waals surface area contributed by atoms with Gasteiger partial charge in [-0.15, -0.1) is 0 Å². The number of ether oxygens (including phenoxy) is 3. The summed E-state index contributed by atoms with van der Waals surface area (Å²) in [6.45, 7) is 0.462. The lowest BCUT2D eigenvalue weighted by molar-refractivity contribution is -0.120. The summed E-state index contributed by atoms with van der Waals surface area (Å²) in [4.78, 5) is 16.7. The van der Waals surface area contributed by atoms with Gasteiger partial charge in [-0.05, 0) is 42.0 Å². The number of aromatic amines is 1. The molecule has 152 valence electrons. The molecule has 8 heteroatoms. The van der Waals surface area contributed by atoms with E-state index in [4.69, 9.17) is 14.2 Å². The zero-order valence-electron chi connectivity index (χ0n) is 16.7. The molecule has 3 rings (SSSR count). The Morgan fingerprint density at radius 1 is 1.00 bits per heavy atom. The van der Waals surface area contributed by atoms with E-state index < -0.39 is 0 Å². The lowest BCUT2D eigenvalue weighted by Crippen LogP contribution is -2.27. The molecule has 0 saturated heterocycles. The number of hydrogen-bond donors (Lipinski definition) is 2. The van der Waals surface area contributed by atoms with Crippen molar-refractivity contribution >= 4 is 5.91 Å². The topological polar surface area (TPSA) is 98.4 Å². The highest BCUT2D eigenvalue weighted by Gasteiger charge is 2.10. The van der Waals surface area contributed by atoms with Crippen LogP contribution in [-0.2, 0) is 17.6 Å². The summed E-state index contributed by atoms with van der Waals surface area (Å²) < 4.78 is 15.6. The number of hydrogen-bond acceptors (Lipinski definition) is 6. The van der Waals surface area contributed by atoms with Crippen LogP contribution in [0.5, 0.6) is 17.2 Å². The smallest absolute Gasteiger partial charge is 0.224 e.